The average molecular weight is 1340 g/mol. The zero-order valence-corrected chi connectivity index (χ0v) is 62.1. The number of aliphatic hydroxyl groups is 1. The molecule has 0 radical (unpaired) electrons. The van der Waals surface area contributed by atoms with Crippen molar-refractivity contribution in [3.05, 3.63) is 12.2 Å². The van der Waals surface area contributed by atoms with E-state index in [-0.39, 0.29) is 43.4 Å². The van der Waals surface area contributed by atoms with Crippen LogP contribution in [0.15, 0.2) is 12.2 Å². The van der Waals surface area contributed by atoms with E-state index in [1.165, 1.54) is 102 Å². The number of carbonyl (C=O) groups is 11. The molecule has 0 aromatic carbocycles. The summed E-state index contributed by atoms with van der Waals surface area (Å²) in [5, 5.41) is 26.3. The first-order valence-electron chi connectivity index (χ1n) is 35.1. The Hall–Kier alpha value is -6.21. The topological polar surface area (TPSA) is 294 Å². The summed E-state index contributed by atoms with van der Waals surface area (Å²) < 4.78 is 0. The molecule has 2 heterocycles. The number of allylic oxidation sites excluding steroid dienone is 2. The first-order valence-corrected chi connectivity index (χ1v) is 35.1. The monoisotopic (exact) mass is 1340 g/mol. The van der Waals surface area contributed by atoms with E-state index in [9.17, 15) is 33.9 Å². The third kappa shape index (κ3) is 22.7. The summed E-state index contributed by atoms with van der Waals surface area (Å²) in [6.45, 7) is 33.8. The predicted molar refractivity (Wildman–Crippen MR) is 368 cm³/mol. The van der Waals surface area contributed by atoms with Gasteiger partial charge in [-0.25, -0.2) is 0 Å². The minimum Gasteiger partial charge on any atom is -0.390 e. The number of piperazine rings is 1. The minimum atomic E-state index is -1.62. The van der Waals surface area contributed by atoms with Crippen LogP contribution in [0.3, 0.4) is 0 Å². The van der Waals surface area contributed by atoms with Gasteiger partial charge in [-0.05, 0) is 127 Å². The highest BCUT2D eigenvalue weighted by molar-refractivity contribution is 6.00. The number of carbonyl (C=O) groups excluding carboxylic acids is 11. The first kappa shape index (κ1) is 83.0. The number of hydrogen-bond donors (Lipinski definition) is 6. The number of likely N-dealkylation sites (N-methyl/N-ethyl adjacent to an activating group) is 6. The SMILES string of the molecule is C/C=C/C[C@@H](C)[C@@H](O)[C@H]1C(=O)N[C@@H](CC)C(=O)N(C)[C@H](C)C(=O)N[C@@H]([C@H](C)CCN2CCN(C3CCC3)CC2)C(=O)N[C@@H](C(C)C)C(=O)N(C)[C@@H](CC(C)C)C(=O)N[C@@H](C)C(=O)N[C@H](C)C(=O)N(C)[C@@H](CC(C)C)C(=O)N(C)[C@@H](CC(C)C)C(=O)N(C)[C@@H](C(C)C)C(=O)N1C. The lowest BCUT2D eigenvalue weighted by atomic mass is 9.91. The fourth-order valence-corrected chi connectivity index (χ4v) is 13.0. The van der Waals surface area contributed by atoms with E-state index in [0.29, 0.717) is 25.4 Å². The molecule has 3 rings (SSSR count). The molecule has 0 aromatic heterocycles. The van der Waals surface area contributed by atoms with Crippen LogP contribution in [0, 0.1) is 41.4 Å². The van der Waals surface area contributed by atoms with Gasteiger partial charge < -0.3 is 66.0 Å². The van der Waals surface area contributed by atoms with Crippen LogP contribution in [-0.2, 0) is 52.7 Å². The van der Waals surface area contributed by atoms with Crippen LogP contribution in [0.5, 0.6) is 0 Å². The summed E-state index contributed by atoms with van der Waals surface area (Å²) in [5.41, 5.74) is 0. The summed E-state index contributed by atoms with van der Waals surface area (Å²) in [7, 11) is 8.58. The summed E-state index contributed by atoms with van der Waals surface area (Å²) in [4.78, 5) is 175. The zero-order chi connectivity index (χ0) is 72.4. The molecule has 25 heteroatoms. The molecule has 542 valence electrons. The zero-order valence-electron chi connectivity index (χ0n) is 62.1. The highest BCUT2D eigenvalue weighted by Crippen LogP contribution is 2.28. The molecule has 14 atom stereocenters. The van der Waals surface area contributed by atoms with Gasteiger partial charge in [0.2, 0.25) is 65.0 Å². The van der Waals surface area contributed by atoms with Crippen LogP contribution in [0.4, 0.5) is 0 Å². The molecule has 0 aromatic rings. The van der Waals surface area contributed by atoms with Gasteiger partial charge in [-0.2, -0.15) is 0 Å². The molecule has 0 spiro atoms. The molecule has 25 nitrogen and oxygen atoms in total. The Morgan fingerprint density at radius 3 is 1.45 bits per heavy atom. The molecule has 2 aliphatic heterocycles. The Morgan fingerprint density at radius 2 is 0.968 bits per heavy atom. The third-order valence-corrected chi connectivity index (χ3v) is 19.8. The minimum absolute atomic E-state index is 0.0119. The number of amides is 11. The predicted octanol–water partition coefficient (Wildman–Crippen LogP) is 3.47. The molecule has 95 heavy (non-hydrogen) atoms. The van der Waals surface area contributed by atoms with Crippen LogP contribution in [-0.4, -0.2) is 263 Å². The van der Waals surface area contributed by atoms with Gasteiger partial charge in [0.25, 0.3) is 0 Å². The summed E-state index contributed by atoms with van der Waals surface area (Å²) in [5.74, 6) is -10.2. The fraction of sp³-hybridized carbons (Fsp3) is 0.814. The van der Waals surface area contributed by atoms with E-state index < -0.39 is 161 Å². The lowest BCUT2D eigenvalue weighted by Crippen LogP contribution is -2.64. The Kier molecular flexibility index (Phi) is 33.3. The van der Waals surface area contributed by atoms with Crippen LogP contribution in [0.1, 0.15) is 175 Å². The second-order valence-corrected chi connectivity index (χ2v) is 29.6. The molecule has 11 amide bonds. The van der Waals surface area contributed by atoms with E-state index >= 15 is 24.0 Å². The molecular weight excluding hydrogens is 1210 g/mol. The van der Waals surface area contributed by atoms with E-state index in [4.69, 9.17) is 0 Å². The van der Waals surface area contributed by atoms with Crippen molar-refractivity contribution in [3.8, 4) is 0 Å². The molecule has 1 saturated carbocycles. The van der Waals surface area contributed by atoms with Gasteiger partial charge in [0.05, 0.1) is 6.10 Å². The molecule has 2 saturated heterocycles. The highest BCUT2D eigenvalue weighted by Gasteiger charge is 2.46. The highest BCUT2D eigenvalue weighted by atomic mass is 16.3. The maximum atomic E-state index is 15.3. The van der Waals surface area contributed by atoms with Crippen molar-refractivity contribution < 1.29 is 57.8 Å². The molecule has 0 bridgehead atoms. The molecule has 0 unspecified atom stereocenters. The van der Waals surface area contributed by atoms with Crippen molar-refractivity contribution in [1.29, 1.82) is 0 Å². The van der Waals surface area contributed by atoms with Crippen molar-refractivity contribution in [2.75, 3.05) is 75.0 Å². The van der Waals surface area contributed by atoms with Crippen molar-refractivity contribution in [2.24, 2.45) is 41.4 Å². The molecule has 3 aliphatic rings. The van der Waals surface area contributed by atoms with Gasteiger partial charge in [-0.15, -0.1) is 0 Å². The molecule has 6 N–H and O–H groups in total. The fourth-order valence-electron chi connectivity index (χ4n) is 13.0. The lowest BCUT2D eigenvalue weighted by molar-refractivity contribution is -0.157. The van der Waals surface area contributed by atoms with Crippen LogP contribution in [0.25, 0.3) is 0 Å². The van der Waals surface area contributed by atoms with Crippen LogP contribution in [0.2, 0.25) is 0 Å². The van der Waals surface area contributed by atoms with Gasteiger partial charge in [0, 0.05) is 74.5 Å². The summed E-state index contributed by atoms with van der Waals surface area (Å²) in [6, 6.07) is -13.2. The maximum Gasteiger partial charge on any atom is 0.246 e. The van der Waals surface area contributed by atoms with Crippen molar-refractivity contribution >= 4 is 65.0 Å². The quantitative estimate of drug-likeness (QED) is 0.107. The van der Waals surface area contributed by atoms with E-state index in [1.54, 1.807) is 47.6 Å². The summed E-state index contributed by atoms with van der Waals surface area (Å²) >= 11 is 0. The van der Waals surface area contributed by atoms with E-state index in [0.717, 1.165) is 36.0 Å². The number of aliphatic hydroxyl groups excluding tert-OH is 1. The van der Waals surface area contributed by atoms with Crippen LogP contribution >= 0.6 is 0 Å². The Morgan fingerprint density at radius 1 is 0.484 bits per heavy atom. The van der Waals surface area contributed by atoms with Crippen molar-refractivity contribution in [3.63, 3.8) is 0 Å². The number of rotatable bonds is 18. The summed E-state index contributed by atoms with van der Waals surface area (Å²) in [6.07, 6.45) is 6.98. The Labute approximate surface area is 569 Å². The largest absolute Gasteiger partial charge is 0.390 e. The second-order valence-electron chi connectivity index (χ2n) is 29.6. The number of hydrogen-bond acceptors (Lipinski definition) is 14. The normalized spacial score (nSPS) is 28.6. The lowest BCUT2D eigenvalue weighted by Gasteiger charge is -2.43. The average Bonchev–Trinajstić information content (AvgIpc) is 0.815. The van der Waals surface area contributed by atoms with Gasteiger partial charge in [0.1, 0.15) is 66.5 Å². The van der Waals surface area contributed by atoms with Crippen LogP contribution < -0.4 is 26.6 Å². The molecular formula is C70H125N13O12. The van der Waals surface area contributed by atoms with Gasteiger partial charge in [0.15, 0.2) is 0 Å². The standard InChI is InChI=1S/C70H125N13O12/c1-24-26-28-46(14)59(84)58-64(89)73-51(25-2)66(91)76(18)49(17)61(86)75-56(45(13)31-32-82-33-35-83(36-34-82)50-29-27-30-50)63(88)74-55(43(9)10)69(94)77(19)52(37-40(3)4)62(87)71-47(15)60(85)72-48(16)65(90)78(20)53(38-41(5)6)67(92)79(21)54(39-42(7)8)68(93)80(22)57(44(11)12)70(95)81(58)23/h24,26,40-59,84H,25,27-39H2,1-23H3,(H,71,87)(H,72,85)(H,73,89)(H,74,88)(H,75,86)/b26-24+/t45-,46-,47+,48-,49-,51+,52+,53+,54+,55+,56+,57+,58+,59-/m1/s1. The second kappa shape index (κ2) is 38.1. The maximum absolute atomic E-state index is 15.3. The molecule has 3 fully saturated rings. The number of nitrogens with one attached hydrogen (secondary N) is 5. The van der Waals surface area contributed by atoms with Crippen molar-refractivity contribution in [1.82, 2.24) is 65.8 Å². The smallest absolute Gasteiger partial charge is 0.246 e. The van der Waals surface area contributed by atoms with Gasteiger partial charge in [-0.3, -0.25) is 57.6 Å². The van der Waals surface area contributed by atoms with Gasteiger partial charge in [-0.1, -0.05) is 109 Å². The third-order valence-electron chi connectivity index (χ3n) is 19.8. The first-order chi connectivity index (χ1) is 44.2. The van der Waals surface area contributed by atoms with Gasteiger partial charge >= 0.3 is 0 Å². The van der Waals surface area contributed by atoms with Crippen molar-refractivity contribution in [2.45, 2.75) is 254 Å². The van der Waals surface area contributed by atoms with E-state index in [2.05, 4.69) is 36.4 Å². The molecule has 1 aliphatic carbocycles. The Bertz CT molecular complexity index is 2620. The van der Waals surface area contributed by atoms with E-state index in [1.807, 2.05) is 61.5 Å². The number of nitrogens with zero attached hydrogens (tertiary/aromatic N) is 8. The Balaban J connectivity index is 2.29.